The van der Waals surface area contributed by atoms with Crippen LogP contribution in [-0.4, -0.2) is 61.3 Å². The summed E-state index contributed by atoms with van der Waals surface area (Å²) in [5, 5.41) is 18.7. The number of piperidine rings is 1. The van der Waals surface area contributed by atoms with Crippen LogP contribution in [0.4, 0.5) is 0 Å². The van der Waals surface area contributed by atoms with Crippen LogP contribution in [0.15, 0.2) is 6.20 Å². The maximum atomic E-state index is 12.5. The lowest BCUT2D eigenvalue weighted by molar-refractivity contribution is -0.151. The molecule has 0 radical (unpaired) electrons. The minimum Gasteiger partial charge on any atom is -0.394 e. The van der Waals surface area contributed by atoms with Crippen molar-refractivity contribution in [1.82, 2.24) is 25.2 Å². The maximum absolute atomic E-state index is 12.5. The minimum absolute atomic E-state index is 0.00339. The Bertz CT molecular complexity index is 699. The molecule has 24 heavy (non-hydrogen) atoms. The van der Waals surface area contributed by atoms with E-state index >= 15 is 0 Å². The third-order valence-electron chi connectivity index (χ3n) is 4.17. The van der Waals surface area contributed by atoms with Gasteiger partial charge in [0.25, 0.3) is 0 Å². The molecular formula is C14H17N5O5. The van der Waals surface area contributed by atoms with E-state index in [9.17, 15) is 19.2 Å². The molecule has 0 spiro atoms. The van der Waals surface area contributed by atoms with E-state index in [-0.39, 0.29) is 32.3 Å². The summed E-state index contributed by atoms with van der Waals surface area (Å²) in [6.45, 7) is 0.222. The Hall–Kier alpha value is -2.62. The van der Waals surface area contributed by atoms with E-state index in [2.05, 4.69) is 15.6 Å². The summed E-state index contributed by atoms with van der Waals surface area (Å²) in [6, 6.07) is -0.919. The van der Waals surface area contributed by atoms with Gasteiger partial charge in [0.1, 0.15) is 6.04 Å². The number of carbonyl (C=O) groups is 4. The number of amides is 4. The van der Waals surface area contributed by atoms with Crippen LogP contribution in [0.25, 0.3) is 0 Å². The van der Waals surface area contributed by atoms with Gasteiger partial charge in [-0.2, -0.15) is 0 Å². The molecule has 1 aromatic heterocycles. The zero-order chi connectivity index (χ0) is 17.3. The molecule has 0 aliphatic carbocycles. The fraction of sp³-hybridized carbons (Fsp3) is 0.571. The van der Waals surface area contributed by atoms with Gasteiger partial charge < -0.3 is 5.11 Å². The van der Waals surface area contributed by atoms with Gasteiger partial charge >= 0.3 is 0 Å². The monoisotopic (exact) mass is 335 g/mol. The molecule has 3 heterocycles. The summed E-state index contributed by atoms with van der Waals surface area (Å²) >= 11 is 0. The third kappa shape index (κ3) is 3.04. The van der Waals surface area contributed by atoms with Crippen LogP contribution in [0.2, 0.25) is 0 Å². The van der Waals surface area contributed by atoms with Crippen molar-refractivity contribution in [2.45, 2.75) is 38.3 Å². The molecule has 1 aromatic rings. The van der Waals surface area contributed by atoms with Crippen LogP contribution < -0.4 is 5.32 Å². The van der Waals surface area contributed by atoms with Crippen molar-refractivity contribution in [3.63, 3.8) is 0 Å². The summed E-state index contributed by atoms with van der Waals surface area (Å²) in [5.41, 5.74) is 0.541. The van der Waals surface area contributed by atoms with Gasteiger partial charge in [0.2, 0.25) is 23.6 Å². The number of hydrogen-bond acceptors (Lipinski definition) is 7. The van der Waals surface area contributed by atoms with Crippen molar-refractivity contribution in [3.05, 3.63) is 11.9 Å². The first-order valence-corrected chi connectivity index (χ1v) is 7.69. The van der Waals surface area contributed by atoms with E-state index in [0.717, 1.165) is 4.90 Å². The summed E-state index contributed by atoms with van der Waals surface area (Å²) in [4.78, 5) is 48.8. The average Bonchev–Trinajstić information content (AvgIpc) is 3.06. The van der Waals surface area contributed by atoms with E-state index in [4.69, 9.17) is 5.11 Å². The summed E-state index contributed by atoms with van der Waals surface area (Å²) in [6.07, 6.45) is 2.11. The highest BCUT2D eigenvalue weighted by Crippen LogP contribution is 2.27. The van der Waals surface area contributed by atoms with Gasteiger partial charge in [-0.05, 0) is 6.42 Å². The summed E-state index contributed by atoms with van der Waals surface area (Å²) in [7, 11) is 0. The zero-order valence-corrected chi connectivity index (χ0v) is 12.8. The summed E-state index contributed by atoms with van der Waals surface area (Å²) < 4.78 is 1.45. The van der Waals surface area contributed by atoms with Crippen molar-refractivity contribution < 1.29 is 24.3 Å². The lowest BCUT2D eigenvalue weighted by atomic mass is 10.0. The topological polar surface area (TPSA) is 134 Å². The van der Waals surface area contributed by atoms with E-state index < -0.39 is 35.6 Å². The zero-order valence-electron chi connectivity index (χ0n) is 12.8. The molecule has 0 bridgehead atoms. The molecule has 2 N–H and O–H groups in total. The first-order chi connectivity index (χ1) is 11.5. The van der Waals surface area contributed by atoms with Crippen LogP contribution in [0, 0.1) is 5.92 Å². The van der Waals surface area contributed by atoms with Gasteiger partial charge in [-0.25, -0.2) is 4.68 Å². The number of likely N-dealkylation sites (tertiary alicyclic amines) is 1. The quantitative estimate of drug-likeness (QED) is 0.594. The molecular weight excluding hydrogens is 318 g/mol. The normalized spacial score (nSPS) is 24.6. The predicted octanol–water partition coefficient (Wildman–Crippen LogP) is -2.01. The second kappa shape index (κ2) is 6.48. The number of rotatable bonds is 5. The molecule has 0 saturated carbocycles. The molecule has 4 amide bonds. The Morgan fingerprint density at radius 3 is 2.79 bits per heavy atom. The average molecular weight is 335 g/mol. The number of nitrogens with zero attached hydrogens (tertiary/aromatic N) is 4. The van der Waals surface area contributed by atoms with Crippen LogP contribution >= 0.6 is 0 Å². The molecule has 2 fully saturated rings. The third-order valence-corrected chi connectivity index (χ3v) is 4.17. The Kier molecular flexibility index (Phi) is 4.38. The molecule has 10 heteroatoms. The lowest BCUT2D eigenvalue weighted by Gasteiger charge is -2.28. The lowest BCUT2D eigenvalue weighted by Crippen LogP contribution is -2.54. The van der Waals surface area contributed by atoms with Crippen LogP contribution in [0.5, 0.6) is 0 Å². The molecule has 10 nitrogen and oxygen atoms in total. The molecule has 2 saturated heterocycles. The fourth-order valence-electron chi connectivity index (χ4n) is 3.03. The molecule has 2 unspecified atom stereocenters. The van der Waals surface area contributed by atoms with E-state index in [1.54, 1.807) is 6.20 Å². The molecule has 128 valence electrons. The fourth-order valence-corrected chi connectivity index (χ4v) is 3.03. The SMILES string of the molecule is O=C1CCC(N2C(=O)CC(Cc3cn(CCO)nn3)C2=O)C(=O)N1. The highest BCUT2D eigenvalue weighted by atomic mass is 16.3. The van der Waals surface area contributed by atoms with Crippen LogP contribution in [0.1, 0.15) is 25.0 Å². The first kappa shape index (κ1) is 16.2. The minimum atomic E-state index is -0.919. The molecule has 2 aliphatic rings. The predicted molar refractivity (Wildman–Crippen MR) is 76.9 cm³/mol. The van der Waals surface area contributed by atoms with Gasteiger partial charge in [0.05, 0.1) is 24.8 Å². The van der Waals surface area contributed by atoms with Crippen LogP contribution in [-0.2, 0) is 32.1 Å². The Morgan fingerprint density at radius 1 is 1.29 bits per heavy atom. The van der Waals surface area contributed by atoms with E-state index in [0.29, 0.717) is 12.2 Å². The smallest absolute Gasteiger partial charge is 0.249 e. The second-order valence-electron chi connectivity index (χ2n) is 5.87. The highest BCUT2D eigenvalue weighted by molar-refractivity contribution is 6.09. The van der Waals surface area contributed by atoms with Gasteiger partial charge in [0.15, 0.2) is 0 Å². The number of aliphatic hydroxyl groups is 1. The van der Waals surface area contributed by atoms with Crippen LogP contribution in [0.3, 0.4) is 0 Å². The number of imide groups is 2. The Morgan fingerprint density at radius 2 is 2.08 bits per heavy atom. The van der Waals surface area contributed by atoms with E-state index in [1.165, 1.54) is 4.68 Å². The highest BCUT2D eigenvalue weighted by Gasteiger charge is 2.46. The van der Waals surface area contributed by atoms with Crippen molar-refractivity contribution >= 4 is 23.6 Å². The number of aliphatic hydroxyl groups excluding tert-OH is 1. The number of aromatic nitrogens is 3. The summed E-state index contributed by atoms with van der Waals surface area (Å²) in [5.74, 6) is -2.44. The number of nitrogens with one attached hydrogen (secondary N) is 1. The van der Waals surface area contributed by atoms with Gasteiger partial charge in [-0.15, -0.1) is 5.10 Å². The van der Waals surface area contributed by atoms with Crippen molar-refractivity contribution in [1.29, 1.82) is 0 Å². The number of carbonyl (C=O) groups excluding carboxylic acids is 4. The van der Waals surface area contributed by atoms with Gasteiger partial charge in [0, 0.05) is 25.5 Å². The van der Waals surface area contributed by atoms with Crippen molar-refractivity contribution in [3.8, 4) is 0 Å². The molecule has 2 aliphatic heterocycles. The number of hydrogen-bond donors (Lipinski definition) is 2. The first-order valence-electron chi connectivity index (χ1n) is 7.69. The largest absolute Gasteiger partial charge is 0.394 e. The molecule has 2 atom stereocenters. The van der Waals surface area contributed by atoms with Gasteiger partial charge in [-0.1, -0.05) is 5.21 Å². The Balaban J connectivity index is 1.69. The molecule has 3 rings (SSSR count). The second-order valence-corrected chi connectivity index (χ2v) is 5.87. The van der Waals surface area contributed by atoms with Crippen molar-refractivity contribution in [2.75, 3.05) is 6.61 Å². The Labute approximate surface area is 136 Å². The molecule has 0 aromatic carbocycles. The van der Waals surface area contributed by atoms with Crippen molar-refractivity contribution in [2.24, 2.45) is 5.92 Å². The van der Waals surface area contributed by atoms with Gasteiger partial charge in [-0.3, -0.25) is 29.4 Å². The standard InChI is InChI=1S/C14H17N5O5/c20-4-3-18-7-9(16-17-18)5-8-6-12(22)19(14(8)24)10-1-2-11(21)15-13(10)23/h7-8,10,20H,1-6H2,(H,15,21,23). The van der Waals surface area contributed by atoms with E-state index in [1.807, 2.05) is 0 Å². The maximum Gasteiger partial charge on any atom is 0.249 e.